The normalized spacial score (nSPS) is 16.8. The third kappa shape index (κ3) is 6.43. The first-order valence-electron chi connectivity index (χ1n) is 7.46. The van der Waals surface area contributed by atoms with Gasteiger partial charge in [-0.05, 0) is 42.2 Å². The number of rotatable bonds is 4. The molecule has 1 aromatic rings. The summed E-state index contributed by atoms with van der Waals surface area (Å²) in [5.74, 6) is 0. The van der Waals surface area contributed by atoms with E-state index in [1.807, 2.05) is 24.6 Å². The van der Waals surface area contributed by atoms with Crippen molar-refractivity contribution in [2.75, 3.05) is 17.8 Å². The van der Waals surface area contributed by atoms with Gasteiger partial charge in [-0.1, -0.05) is 66.9 Å². The fraction of sp³-hybridized carbons (Fsp3) is 0.222. The standard InChI is InChI=1S/C18H20N2S4/c1-23-17(21)19-15-9-5-13(6-10-15)3-4-14-7-11-16(12-8-14)20-18(22)24-2/h3-11,16H,12H2,1-2H3,(H,19,21)(H,20,22)/b4-3+. The Balaban J connectivity index is 1.89. The molecule has 0 spiro atoms. The zero-order valence-electron chi connectivity index (χ0n) is 13.6. The highest BCUT2D eigenvalue weighted by atomic mass is 32.2. The number of anilines is 1. The van der Waals surface area contributed by atoms with Crippen LogP contribution in [0, 0.1) is 0 Å². The summed E-state index contributed by atoms with van der Waals surface area (Å²) in [6.07, 6.45) is 15.7. The zero-order chi connectivity index (χ0) is 17.4. The van der Waals surface area contributed by atoms with Crippen LogP contribution in [-0.2, 0) is 0 Å². The molecule has 0 aliphatic heterocycles. The summed E-state index contributed by atoms with van der Waals surface area (Å²) in [5, 5.41) is 6.49. The Hall–Kier alpha value is -1.08. The van der Waals surface area contributed by atoms with Crippen LogP contribution in [0.3, 0.4) is 0 Å². The summed E-state index contributed by atoms with van der Waals surface area (Å²) in [7, 11) is 0. The van der Waals surface area contributed by atoms with E-state index in [0.29, 0.717) is 6.04 Å². The number of thioether (sulfide) groups is 2. The SMILES string of the molecule is CSC(=S)Nc1ccc(/C=C/C2=CCC(NC(=S)SC)C=C2)cc1. The van der Waals surface area contributed by atoms with Gasteiger partial charge in [0.1, 0.15) is 8.64 Å². The fourth-order valence-corrected chi connectivity index (χ4v) is 2.88. The topological polar surface area (TPSA) is 24.1 Å². The molecule has 0 fully saturated rings. The van der Waals surface area contributed by atoms with Gasteiger partial charge in [-0.25, -0.2) is 0 Å². The van der Waals surface area contributed by atoms with Gasteiger partial charge in [0.05, 0.1) is 0 Å². The lowest BCUT2D eigenvalue weighted by molar-refractivity contribution is 0.743. The molecule has 0 heterocycles. The number of thiocarbonyl (C=S) groups is 2. The van der Waals surface area contributed by atoms with Gasteiger partial charge < -0.3 is 10.6 Å². The van der Waals surface area contributed by atoms with E-state index in [4.69, 9.17) is 24.4 Å². The molecule has 2 rings (SSSR count). The lowest BCUT2D eigenvalue weighted by Crippen LogP contribution is -2.30. The summed E-state index contributed by atoms with van der Waals surface area (Å²) < 4.78 is 1.62. The second-order valence-corrected chi connectivity index (χ2v) is 8.08. The van der Waals surface area contributed by atoms with E-state index < -0.39 is 0 Å². The first-order chi connectivity index (χ1) is 11.6. The fourth-order valence-electron chi connectivity index (χ4n) is 2.12. The number of allylic oxidation sites excluding steroid dienone is 3. The molecule has 2 nitrogen and oxygen atoms in total. The highest BCUT2D eigenvalue weighted by Gasteiger charge is 2.08. The zero-order valence-corrected chi connectivity index (χ0v) is 16.9. The number of benzene rings is 1. The molecule has 126 valence electrons. The lowest BCUT2D eigenvalue weighted by atomic mass is 10.0. The molecule has 0 radical (unpaired) electrons. The van der Waals surface area contributed by atoms with Crippen LogP contribution in [0.25, 0.3) is 6.08 Å². The van der Waals surface area contributed by atoms with E-state index in [9.17, 15) is 0 Å². The van der Waals surface area contributed by atoms with Crippen LogP contribution in [0.5, 0.6) is 0 Å². The highest BCUT2D eigenvalue weighted by molar-refractivity contribution is 8.23. The van der Waals surface area contributed by atoms with Crippen LogP contribution in [0.1, 0.15) is 12.0 Å². The maximum absolute atomic E-state index is 5.19. The molecule has 1 unspecified atom stereocenters. The molecule has 1 aliphatic rings. The van der Waals surface area contributed by atoms with Gasteiger partial charge in [0.15, 0.2) is 0 Å². The van der Waals surface area contributed by atoms with Gasteiger partial charge in [0.25, 0.3) is 0 Å². The van der Waals surface area contributed by atoms with Gasteiger partial charge in [-0.2, -0.15) is 0 Å². The molecule has 1 atom stereocenters. The van der Waals surface area contributed by atoms with Crippen LogP contribution in [0.2, 0.25) is 0 Å². The average molecular weight is 393 g/mol. The van der Waals surface area contributed by atoms with E-state index in [0.717, 1.165) is 26.3 Å². The van der Waals surface area contributed by atoms with Crippen molar-refractivity contribution in [2.24, 2.45) is 0 Å². The molecule has 0 aromatic heterocycles. The van der Waals surface area contributed by atoms with Crippen LogP contribution >= 0.6 is 48.0 Å². The van der Waals surface area contributed by atoms with Crippen LogP contribution in [-0.4, -0.2) is 27.2 Å². The van der Waals surface area contributed by atoms with Crippen LogP contribution in [0.4, 0.5) is 5.69 Å². The van der Waals surface area contributed by atoms with Crippen molar-refractivity contribution in [1.82, 2.24) is 5.32 Å². The summed E-state index contributed by atoms with van der Waals surface area (Å²) in [6.45, 7) is 0. The maximum atomic E-state index is 5.19. The second-order valence-electron chi connectivity index (χ2n) is 5.11. The number of hydrogen-bond acceptors (Lipinski definition) is 4. The molecule has 24 heavy (non-hydrogen) atoms. The largest absolute Gasteiger partial charge is 0.364 e. The first-order valence-corrected chi connectivity index (χ1v) is 10.7. The van der Waals surface area contributed by atoms with E-state index in [1.165, 1.54) is 17.3 Å². The lowest BCUT2D eigenvalue weighted by Gasteiger charge is -2.17. The molecule has 2 N–H and O–H groups in total. The van der Waals surface area contributed by atoms with Crippen molar-refractivity contribution in [3.05, 3.63) is 59.7 Å². The van der Waals surface area contributed by atoms with Crippen LogP contribution < -0.4 is 10.6 Å². The first kappa shape index (κ1) is 19.2. The molecule has 1 aliphatic carbocycles. The minimum Gasteiger partial charge on any atom is -0.364 e. The van der Waals surface area contributed by atoms with E-state index in [2.05, 4.69) is 53.1 Å². The van der Waals surface area contributed by atoms with Crippen molar-refractivity contribution in [2.45, 2.75) is 12.5 Å². The van der Waals surface area contributed by atoms with Gasteiger partial charge in [-0.15, -0.1) is 23.5 Å². The smallest absolute Gasteiger partial charge is 0.137 e. The molecule has 6 heteroatoms. The Bertz CT molecular complexity index is 675. The predicted molar refractivity (Wildman–Crippen MR) is 120 cm³/mol. The Labute approximate surface area is 163 Å². The van der Waals surface area contributed by atoms with Gasteiger partial charge in [0, 0.05) is 11.7 Å². The van der Waals surface area contributed by atoms with Crippen LogP contribution in [0.15, 0.2) is 54.1 Å². The number of hydrogen-bond donors (Lipinski definition) is 2. The molecule has 0 bridgehead atoms. The van der Waals surface area contributed by atoms with E-state index in [-0.39, 0.29) is 0 Å². The average Bonchev–Trinajstić information content (AvgIpc) is 2.62. The predicted octanol–water partition coefficient (Wildman–Crippen LogP) is 5.25. The third-order valence-corrected chi connectivity index (χ3v) is 5.61. The maximum Gasteiger partial charge on any atom is 0.137 e. The van der Waals surface area contributed by atoms with Gasteiger partial charge in [-0.3, -0.25) is 0 Å². The van der Waals surface area contributed by atoms with Gasteiger partial charge >= 0.3 is 0 Å². The third-order valence-electron chi connectivity index (χ3n) is 3.43. The summed E-state index contributed by atoms with van der Waals surface area (Å²) in [6, 6.07) is 8.53. The van der Waals surface area contributed by atoms with E-state index >= 15 is 0 Å². The monoisotopic (exact) mass is 392 g/mol. The van der Waals surface area contributed by atoms with Crippen molar-refractivity contribution >= 4 is 68.4 Å². The molecular formula is C18H20N2S4. The van der Waals surface area contributed by atoms with E-state index in [1.54, 1.807) is 11.8 Å². The molecule has 0 saturated heterocycles. The minimum atomic E-state index is 0.299. The number of nitrogens with one attached hydrogen (secondary N) is 2. The van der Waals surface area contributed by atoms with Crippen molar-refractivity contribution < 1.29 is 0 Å². The molecular weight excluding hydrogens is 372 g/mol. The Morgan fingerprint density at radius 2 is 1.79 bits per heavy atom. The molecule has 0 saturated carbocycles. The van der Waals surface area contributed by atoms with Gasteiger partial charge in [0.2, 0.25) is 0 Å². The van der Waals surface area contributed by atoms with Crippen molar-refractivity contribution in [3.8, 4) is 0 Å². The Kier molecular flexibility index (Phi) is 8.05. The Morgan fingerprint density at radius 3 is 2.38 bits per heavy atom. The van der Waals surface area contributed by atoms with Crippen molar-refractivity contribution in [1.29, 1.82) is 0 Å². The summed E-state index contributed by atoms with van der Waals surface area (Å²) in [5.41, 5.74) is 3.39. The van der Waals surface area contributed by atoms with Crippen molar-refractivity contribution in [3.63, 3.8) is 0 Å². The Morgan fingerprint density at radius 1 is 1.08 bits per heavy atom. The molecule has 1 aromatic carbocycles. The molecule has 0 amide bonds. The second kappa shape index (κ2) is 10.0. The minimum absolute atomic E-state index is 0.299. The summed E-state index contributed by atoms with van der Waals surface area (Å²) >= 11 is 13.5. The highest BCUT2D eigenvalue weighted by Crippen LogP contribution is 2.16. The quantitative estimate of drug-likeness (QED) is 0.679. The summed E-state index contributed by atoms with van der Waals surface area (Å²) in [4.78, 5) is 0.